The van der Waals surface area contributed by atoms with Gasteiger partial charge < -0.3 is 14.2 Å². The molecule has 0 bridgehead atoms. The molecule has 0 unspecified atom stereocenters. The molecule has 2 aliphatic rings. The Balaban J connectivity index is 1.23. The van der Waals surface area contributed by atoms with Gasteiger partial charge in [-0.2, -0.15) is 0 Å². The zero-order valence-corrected chi connectivity index (χ0v) is 18.1. The smallest absolute Gasteiger partial charge is 0.278 e. The first-order valence-corrected chi connectivity index (χ1v) is 11.0. The van der Waals surface area contributed by atoms with E-state index in [4.69, 9.17) is 14.2 Å². The van der Waals surface area contributed by atoms with Crippen molar-refractivity contribution in [1.29, 1.82) is 0 Å². The Bertz CT molecular complexity index is 867. The molecule has 4 rings (SSSR count). The number of nitro benzene ring substituents is 1. The number of nitro groups is 1. The van der Waals surface area contributed by atoms with Crippen LogP contribution in [0.1, 0.15) is 18.4 Å². The standard InChI is InChI=1S/C22H29N5O5/c28-27(29)19-3-1-18(2-4-19)17-26-9-5-20(6-10-26)32-22-21(23-7-8-24-22)31-16-13-25-11-14-30-15-12-25/h1-4,7-8,20H,5-6,9-17H2. The number of rotatable bonds is 9. The number of piperidine rings is 1. The molecule has 1 aromatic carbocycles. The summed E-state index contributed by atoms with van der Waals surface area (Å²) in [5.74, 6) is 0.886. The normalized spacial score (nSPS) is 18.4. The summed E-state index contributed by atoms with van der Waals surface area (Å²) < 4.78 is 17.4. The number of likely N-dealkylation sites (tertiary alicyclic amines) is 1. The molecule has 0 aliphatic carbocycles. The van der Waals surface area contributed by atoms with Gasteiger partial charge in [-0.05, 0) is 18.4 Å². The van der Waals surface area contributed by atoms with Crippen molar-refractivity contribution in [3.05, 3.63) is 52.3 Å². The van der Waals surface area contributed by atoms with E-state index < -0.39 is 0 Å². The average molecular weight is 444 g/mol. The molecule has 10 nitrogen and oxygen atoms in total. The number of benzene rings is 1. The highest BCUT2D eigenvalue weighted by molar-refractivity contribution is 5.32. The van der Waals surface area contributed by atoms with Crippen LogP contribution in [-0.4, -0.2) is 83.3 Å². The third-order valence-electron chi connectivity index (χ3n) is 5.75. The largest absolute Gasteiger partial charge is 0.472 e. The summed E-state index contributed by atoms with van der Waals surface area (Å²) in [6.07, 6.45) is 5.03. The van der Waals surface area contributed by atoms with Crippen molar-refractivity contribution in [3.63, 3.8) is 0 Å². The fraction of sp³-hybridized carbons (Fsp3) is 0.545. The molecule has 0 spiro atoms. The van der Waals surface area contributed by atoms with Crippen molar-refractivity contribution < 1.29 is 19.1 Å². The predicted octanol–water partition coefficient (Wildman–Crippen LogP) is 2.14. The van der Waals surface area contributed by atoms with Crippen LogP contribution in [0.15, 0.2) is 36.7 Å². The predicted molar refractivity (Wildman–Crippen MR) is 117 cm³/mol. The second kappa shape index (κ2) is 11.2. The molecule has 2 aromatic rings. The number of ether oxygens (including phenoxy) is 3. The van der Waals surface area contributed by atoms with Crippen molar-refractivity contribution in [1.82, 2.24) is 19.8 Å². The Morgan fingerprint density at radius 2 is 1.69 bits per heavy atom. The number of non-ortho nitro benzene ring substituents is 1. The molecule has 2 aliphatic heterocycles. The van der Waals surface area contributed by atoms with E-state index in [0.29, 0.717) is 18.4 Å². The van der Waals surface area contributed by atoms with Gasteiger partial charge in [0.25, 0.3) is 17.4 Å². The lowest BCUT2D eigenvalue weighted by Crippen LogP contribution is -2.39. The maximum atomic E-state index is 10.8. The molecule has 32 heavy (non-hydrogen) atoms. The zero-order valence-electron chi connectivity index (χ0n) is 18.1. The van der Waals surface area contributed by atoms with Gasteiger partial charge in [-0.15, -0.1) is 0 Å². The average Bonchev–Trinajstić information content (AvgIpc) is 2.82. The van der Waals surface area contributed by atoms with E-state index in [-0.39, 0.29) is 16.7 Å². The van der Waals surface area contributed by atoms with Crippen molar-refractivity contribution >= 4 is 5.69 Å². The highest BCUT2D eigenvalue weighted by Crippen LogP contribution is 2.25. The topological polar surface area (TPSA) is 103 Å². The minimum absolute atomic E-state index is 0.0569. The van der Waals surface area contributed by atoms with Crippen LogP contribution in [-0.2, 0) is 11.3 Å². The molecule has 0 saturated carbocycles. The van der Waals surface area contributed by atoms with Crippen LogP contribution in [0, 0.1) is 10.1 Å². The summed E-state index contributed by atoms with van der Waals surface area (Å²) in [5, 5.41) is 10.8. The van der Waals surface area contributed by atoms with Crippen LogP contribution in [0.25, 0.3) is 0 Å². The molecular weight excluding hydrogens is 414 g/mol. The molecule has 2 fully saturated rings. The minimum atomic E-state index is -0.375. The molecule has 0 N–H and O–H groups in total. The van der Waals surface area contributed by atoms with Gasteiger partial charge in [0.05, 0.1) is 18.1 Å². The highest BCUT2D eigenvalue weighted by atomic mass is 16.6. The monoisotopic (exact) mass is 443 g/mol. The summed E-state index contributed by atoms with van der Waals surface area (Å²) in [5.41, 5.74) is 1.19. The van der Waals surface area contributed by atoms with Crippen LogP contribution in [0.3, 0.4) is 0 Å². The quantitative estimate of drug-likeness (QED) is 0.426. The minimum Gasteiger partial charge on any atom is -0.472 e. The van der Waals surface area contributed by atoms with Gasteiger partial charge in [0.2, 0.25) is 0 Å². The van der Waals surface area contributed by atoms with Gasteiger partial charge in [-0.25, -0.2) is 9.97 Å². The summed E-state index contributed by atoms with van der Waals surface area (Å²) in [7, 11) is 0. The maximum absolute atomic E-state index is 10.8. The van der Waals surface area contributed by atoms with Crippen LogP contribution < -0.4 is 9.47 Å². The third kappa shape index (κ3) is 6.35. The first-order chi connectivity index (χ1) is 15.7. The fourth-order valence-corrected chi connectivity index (χ4v) is 3.91. The van der Waals surface area contributed by atoms with E-state index >= 15 is 0 Å². The Labute approximate surface area is 187 Å². The molecule has 3 heterocycles. The molecule has 0 atom stereocenters. The maximum Gasteiger partial charge on any atom is 0.278 e. The van der Waals surface area contributed by atoms with E-state index in [1.165, 1.54) is 0 Å². The molecular formula is C22H29N5O5. The lowest BCUT2D eigenvalue weighted by Gasteiger charge is -2.32. The van der Waals surface area contributed by atoms with Gasteiger partial charge in [0, 0.05) is 63.8 Å². The van der Waals surface area contributed by atoms with Gasteiger partial charge in [0.1, 0.15) is 12.7 Å². The summed E-state index contributed by atoms with van der Waals surface area (Å²) in [4.78, 5) is 23.7. The van der Waals surface area contributed by atoms with Gasteiger partial charge >= 0.3 is 0 Å². The molecule has 1 aromatic heterocycles. The number of hydrogen-bond acceptors (Lipinski definition) is 9. The Kier molecular flexibility index (Phi) is 7.81. The van der Waals surface area contributed by atoms with Crippen LogP contribution in [0.2, 0.25) is 0 Å². The van der Waals surface area contributed by atoms with E-state index in [1.807, 2.05) is 12.1 Å². The summed E-state index contributed by atoms with van der Waals surface area (Å²) in [6.45, 7) is 7.27. The van der Waals surface area contributed by atoms with E-state index in [9.17, 15) is 10.1 Å². The summed E-state index contributed by atoms with van der Waals surface area (Å²) in [6, 6.07) is 6.75. The van der Waals surface area contributed by atoms with Crippen molar-refractivity contribution in [2.75, 3.05) is 52.5 Å². The van der Waals surface area contributed by atoms with Gasteiger partial charge in [-0.3, -0.25) is 19.9 Å². The van der Waals surface area contributed by atoms with E-state index in [0.717, 1.165) is 70.9 Å². The number of aromatic nitrogens is 2. The lowest BCUT2D eigenvalue weighted by molar-refractivity contribution is -0.384. The first-order valence-electron chi connectivity index (χ1n) is 11.0. The summed E-state index contributed by atoms with van der Waals surface area (Å²) >= 11 is 0. The third-order valence-corrected chi connectivity index (χ3v) is 5.75. The SMILES string of the molecule is O=[N+]([O-])c1ccc(CN2CCC(Oc3nccnc3OCCN3CCOCC3)CC2)cc1. The van der Waals surface area contributed by atoms with Crippen LogP contribution >= 0.6 is 0 Å². The molecule has 2 saturated heterocycles. The van der Waals surface area contributed by atoms with Crippen molar-refractivity contribution in [2.24, 2.45) is 0 Å². The van der Waals surface area contributed by atoms with Gasteiger partial charge in [0.15, 0.2) is 0 Å². The van der Waals surface area contributed by atoms with Crippen LogP contribution in [0.4, 0.5) is 5.69 Å². The lowest BCUT2D eigenvalue weighted by atomic mass is 10.1. The Morgan fingerprint density at radius 3 is 2.38 bits per heavy atom. The van der Waals surface area contributed by atoms with Crippen LogP contribution in [0.5, 0.6) is 11.8 Å². The second-order valence-corrected chi connectivity index (χ2v) is 7.99. The zero-order chi connectivity index (χ0) is 22.2. The molecule has 0 radical (unpaired) electrons. The fourth-order valence-electron chi connectivity index (χ4n) is 3.91. The number of nitrogens with zero attached hydrogens (tertiary/aromatic N) is 5. The molecule has 10 heteroatoms. The van der Waals surface area contributed by atoms with E-state index in [2.05, 4.69) is 19.8 Å². The first kappa shape index (κ1) is 22.4. The number of morpholine rings is 1. The highest BCUT2D eigenvalue weighted by Gasteiger charge is 2.23. The molecule has 0 amide bonds. The Morgan fingerprint density at radius 1 is 1.00 bits per heavy atom. The van der Waals surface area contributed by atoms with Crippen molar-refractivity contribution in [3.8, 4) is 11.8 Å². The molecule has 172 valence electrons. The Hall–Kier alpha value is -2.82. The second-order valence-electron chi connectivity index (χ2n) is 7.99. The number of hydrogen-bond donors (Lipinski definition) is 0. The van der Waals surface area contributed by atoms with Crippen molar-refractivity contribution in [2.45, 2.75) is 25.5 Å². The van der Waals surface area contributed by atoms with Gasteiger partial charge in [-0.1, -0.05) is 12.1 Å². The van der Waals surface area contributed by atoms with E-state index in [1.54, 1.807) is 24.5 Å².